The molecule has 0 spiro atoms. The van der Waals surface area contributed by atoms with Crippen LogP contribution in [0.15, 0.2) is 91.0 Å². The lowest BCUT2D eigenvalue weighted by Gasteiger charge is -2.46. The molecule has 0 radical (unpaired) electrons. The zero-order valence-electron chi connectivity index (χ0n) is 21.9. The number of ketones is 1. The maximum Gasteiger partial charge on any atom is 0.261 e. The first kappa shape index (κ1) is 27.1. The Labute approximate surface area is 212 Å². The van der Waals surface area contributed by atoms with Crippen molar-refractivity contribution in [2.24, 2.45) is 11.8 Å². The van der Waals surface area contributed by atoms with Crippen molar-refractivity contribution >= 4 is 24.5 Å². The zero-order chi connectivity index (χ0) is 25.6. The summed E-state index contributed by atoms with van der Waals surface area (Å²) in [4.78, 5) is 12.9. The molecule has 3 atom stereocenters. The molecular weight excluding hydrogens is 448 g/mol. The normalized spacial score (nSPS) is 15.0. The molecule has 0 bridgehead atoms. The van der Waals surface area contributed by atoms with Crippen molar-refractivity contribution in [3.05, 3.63) is 96.6 Å². The molecule has 0 aliphatic heterocycles. The topological polar surface area (TPSA) is 46.5 Å². The zero-order valence-corrected chi connectivity index (χ0v) is 22.9. The van der Waals surface area contributed by atoms with Gasteiger partial charge in [0.2, 0.25) is 0 Å². The van der Waals surface area contributed by atoms with Crippen molar-refractivity contribution in [3.8, 4) is 0 Å². The molecule has 186 valence electrons. The van der Waals surface area contributed by atoms with E-state index in [-0.39, 0.29) is 16.7 Å². The van der Waals surface area contributed by atoms with E-state index in [1.807, 2.05) is 51.1 Å². The Kier molecular flexibility index (Phi) is 8.87. The number of hydrogen-bond acceptors (Lipinski definition) is 3. The van der Waals surface area contributed by atoms with Crippen LogP contribution in [-0.2, 0) is 15.6 Å². The number of rotatable bonds is 10. The van der Waals surface area contributed by atoms with Gasteiger partial charge in [0.1, 0.15) is 5.78 Å². The van der Waals surface area contributed by atoms with Crippen LogP contribution in [0.2, 0.25) is 5.04 Å². The van der Waals surface area contributed by atoms with Crippen LogP contribution in [0.4, 0.5) is 0 Å². The third-order valence-corrected chi connectivity index (χ3v) is 12.0. The van der Waals surface area contributed by atoms with Crippen LogP contribution in [-0.4, -0.2) is 31.4 Å². The van der Waals surface area contributed by atoms with Crippen LogP contribution in [0.1, 0.15) is 47.1 Å². The Morgan fingerprint density at radius 1 is 0.800 bits per heavy atom. The van der Waals surface area contributed by atoms with Gasteiger partial charge in [-0.3, -0.25) is 4.79 Å². The molecule has 3 aromatic carbocycles. The average Bonchev–Trinajstić information content (AvgIpc) is 2.86. The third kappa shape index (κ3) is 6.00. The number of aliphatic hydroxyl groups excluding tert-OH is 1. The van der Waals surface area contributed by atoms with Crippen LogP contribution in [0.3, 0.4) is 0 Å². The minimum absolute atomic E-state index is 0.0570. The molecule has 1 unspecified atom stereocenters. The second-order valence-electron chi connectivity index (χ2n) is 10.8. The minimum atomic E-state index is -2.91. The van der Waals surface area contributed by atoms with E-state index in [1.54, 1.807) is 0 Å². The van der Waals surface area contributed by atoms with Crippen LogP contribution in [0.5, 0.6) is 0 Å². The van der Waals surface area contributed by atoms with Gasteiger partial charge in [0.05, 0.1) is 12.2 Å². The summed E-state index contributed by atoms with van der Waals surface area (Å²) in [6.07, 6.45) is -0.935. The number of aliphatic hydroxyl groups is 1. The van der Waals surface area contributed by atoms with Gasteiger partial charge >= 0.3 is 0 Å². The van der Waals surface area contributed by atoms with E-state index in [0.717, 1.165) is 15.9 Å². The molecule has 0 saturated heterocycles. The Hall–Kier alpha value is -2.53. The predicted octanol–water partition coefficient (Wildman–Crippen LogP) is 5.40. The highest BCUT2D eigenvalue weighted by atomic mass is 28.4. The maximum absolute atomic E-state index is 12.9. The third-order valence-electron chi connectivity index (χ3n) is 6.94. The van der Waals surface area contributed by atoms with Gasteiger partial charge in [-0.25, -0.2) is 0 Å². The molecule has 0 heterocycles. The number of benzene rings is 3. The first-order valence-electron chi connectivity index (χ1n) is 12.6. The quantitative estimate of drug-likeness (QED) is 0.389. The van der Waals surface area contributed by atoms with Crippen molar-refractivity contribution in [3.63, 3.8) is 0 Å². The minimum Gasteiger partial charge on any atom is -0.401 e. The molecule has 0 aliphatic rings. The summed E-state index contributed by atoms with van der Waals surface area (Å²) in [6, 6.07) is 31.0. The fourth-order valence-electron chi connectivity index (χ4n) is 5.01. The second kappa shape index (κ2) is 11.5. The van der Waals surface area contributed by atoms with Crippen LogP contribution >= 0.6 is 0 Å². The summed E-state index contributed by atoms with van der Waals surface area (Å²) >= 11 is 0. The van der Waals surface area contributed by atoms with Gasteiger partial charge in [0.25, 0.3) is 8.32 Å². The van der Waals surface area contributed by atoms with Crippen LogP contribution in [0.25, 0.3) is 0 Å². The van der Waals surface area contributed by atoms with E-state index >= 15 is 0 Å². The van der Waals surface area contributed by atoms with Crippen molar-refractivity contribution in [2.45, 2.75) is 65.2 Å². The Morgan fingerprint density at radius 3 is 1.63 bits per heavy atom. The lowest BCUT2D eigenvalue weighted by molar-refractivity contribution is -0.131. The number of carbonyl (C=O) groups excluding carboxylic acids is 1. The molecule has 3 nitrogen and oxygen atoms in total. The Balaban J connectivity index is 2.18. The lowest BCUT2D eigenvalue weighted by atomic mass is 9.88. The molecule has 0 aromatic heterocycles. The van der Waals surface area contributed by atoms with Crippen molar-refractivity contribution in [2.75, 3.05) is 0 Å². The van der Waals surface area contributed by atoms with E-state index < -0.39 is 26.4 Å². The fraction of sp³-hybridized carbons (Fsp3) is 0.387. The van der Waals surface area contributed by atoms with Gasteiger partial charge in [-0.15, -0.1) is 0 Å². The molecule has 0 amide bonds. The van der Waals surface area contributed by atoms with Crippen molar-refractivity contribution in [1.29, 1.82) is 0 Å². The van der Waals surface area contributed by atoms with Crippen molar-refractivity contribution in [1.82, 2.24) is 0 Å². The summed E-state index contributed by atoms with van der Waals surface area (Å²) in [6.45, 7) is 12.3. The van der Waals surface area contributed by atoms with E-state index in [4.69, 9.17) is 4.43 Å². The highest BCUT2D eigenvalue weighted by Crippen LogP contribution is 2.38. The molecular formula is C31H40O3Si. The van der Waals surface area contributed by atoms with E-state index in [2.05, 4.69) is 81.4 Å². The van der Waals surface area contributed by atoms with E-state index in [0.29, 0.717) is 6.42 Å². The molecule has 0 aliphatic carbocycles. The number of carbonyl (C=O) groups is 1. The molecule has 0 fully saturated rings. The summed E-state index contributed by atoms with van der Waals surface area (Å²) in [5.41, 5.74) is 1.08. The van der Waals surface area contributed by atoms with E-state index in [1.165, 1.54) is 0 Å². The highest BCUT2D eigenvalue weighted by molar-refractivity contribution is 6.99. The first-order chi connectivity index (χ1) is 16.6. The van der Waals surface area contributed by atoms with Crippen molar-refractivity contribution < 1.29 is 14.3 Å². The number of hydrogen-bond donors (Lipinski definition) is 1. The SMILES string of the molecule is CC(C)C(=O)[C@@H](C)C(O)[C@H](Cc1ccccc1)O[Si](c1ccccc1)(c1ccccc1)C(C)(C)C. The maximum atomic E-state index is 12.9. The smallest absolute Gasteiger partial charge is 0.261 e. The van der Waals surface area contributed by atoms with Gasteiger partial charge < -0.3 is 9.53 Å². The molecule has 0 saturated carbocycles. The summed E-state index contributed by atoms with van der Waals surface area (Å²) in [7, 11) is -2.91. The fourth-order valence-corrected chi connectivity index (χ4v) is 9.70. The first-order valence-corrected chi connectivity index (χ1v) is 14.5. The van der Waals surface area contributed by atoms with Crippen LogP contribution in [0, 0.1) is 11.8 Å². The summed E-state index contributed by atoms with van der Waals surface area (Å²) in [5, 5.41) is 13.7. The van der Waals surface area contributed by atoms with Gasteiger partial charge in [-0.2, -0.15) is 0 Å². The standard InChI is InChI=1S/C31H40O3Si/c1-23(2)29(32)24(3)30(33)28(22-25-16-10-7-11-17-25)34-35(31(4,5)6,26-18-12-8-13-19-26)27-20-14-9-15-21-27/h7-21,23-24,28,30,33H,22H2,1-6H3/t24-,28+,30?/m1/s1. The highest BCUT2D eigenvalue weighted by Gasteiger charge is 2.52. The molecule has 4 heteroatoms. The number of Topliss-reactive ketones (excluding diaryl/α,β-unsaturated/α-hetero) is 1. The van der Waals surface area contributed by atoms with Gasteiger partial charge in [0, 0.05) is 11.8 Å². The Morgan fingerprint density at radius 2 is 1.23 bits per heavy atom. The molecule has 3 aromatic rings. The summed E-state index contributed by atoms with van der Waals surface area (Å²) < 4.78 is 7.33. The second-order valence-corrected chi connectivity index (χ2v) is 15.1. The van der Waals surface area contributed by atoms with Gasteiger partial charge in [-0.05, 0) is 27.4 Å². The van der Waals surface area contributed by atoms with Gasteiger partial charge in [-0.1, -0.05) is 133 Å². The molecule has 35 heavy (non-hydrogen) atoms. The summed E-state index contributed by atoms with van der Waals surface area (Å²) in [5.74, 6) is -0.617. The average molecular weight is 489 g/mol. The largest absolute Gasteiger partial charge is 0.401 e. The molecule has 3 rings (SSSR count). The lowest BCUT2D eigenvalue weighted by Crippen LogP contribution is -2.69. The van der Waals surface area contributed by atoms with E-state index in [9.17, 15) is 9.90 Å². The molecule has 1 N–H and O–H groups in total. The van der Waals surface area contributed by atoms with Crippen LogP contribution < -0.4 is 10.4 Å². The Bertz CT molecular complexity index is 1020. The monoisotopic (exact) mass is 488 g/mol. The van der Waals surface area contributed by atoms with Gasteiger partial charge in [0.15, 0.2) is 0 Å². The predicted molar refractivity (Wildman–Crippen MR) is 148 cm³/mol.